The summed E-state index contributed by atoms with van der Waals surface area (Å²) in [5.74, 6) is -0.330. The highest BCUT2D eigenvalue weighted by Gasteiger charge is 2.22. The fourth-order valence-electron chi connectivity index (χ4n) is 2.65. The monoisotopic (exact) mass is 276 g/mol. The van der Waals surface area contributed by atoms with Gasteiger partial charge in [0.2, 0.25) is 0 Å². The van der Waals surface area contributed by atoms with Gasteiger partial charge in [0.15, 0.2) is 0 Å². The molecule has 0 bridgehead atoms. The topological polar surface area (TPSA) is 45.0 Å². The number of nitriles is 1. The number of hydrogen-bond acceptors (Lipinski definition) is 3. The third-order valence-electron chi connectivity index (χ3n) is 3.81. The quantitative estimate of drug-likeness (QED) is 0.910. The summed E-state index contributed by atoms with van der Waals surface area (Å²) in [5, 5.41) is 12.3. The van der Waals surface area contributed by atoms with E-state index >= 15 is 0 Å². The zero-order valence-electron chi connectivity index (χ0n) is 12.1. The minimum atomic E-state index is -0.330. The van der Waals surface area contributed by atoms with E-state index in [4.69, 9.17) is 10.00 Å². The molecule has 0 spiro atoms. The summed E-state index contributed by atoms with van der Waals surface area (Å²) in [6.45, 7) is 4.62. The normalized spacial score (nSPS) is 22.3. The molecule has 1 aromatic carbocycles. The van der Waals surface area contributed by atoms with Gasteiger partial charge in [-0.2, -0.15) is 5.26 Å². The molecule has 1 fully saturated rings. The lowest BCUT2D eigenvalue weighted by molar-refractivity contribution is 0.00597. The zero-order chi connectivity index (χ0) is 14.5. The van der Waals surface area contributed by atoms with Gasteiger partial charge in [-0.05, 0) is 38.3 Å². The van der Waals surface area contributed by atoms with Gasteiger partial charge >= 0.3 is 0 Å². The summed E-state index contributed by atoms with van der Waals surface area (Å²) in [7, 11) is 0. The number of nitrogens with one attached hydrogen (secondary N) is 1. The largest absolute Gasteiger partial charge is 0.382 e. The molecule has 0 radical (unpaired) electrons. The van der Waals surface area contributed by atoms with Crippen molar-refractivity contribution in [1.29, 1.82) is 5.26 Å². The molecular weight excluding hydrogens is 255 g/mol. The predicted molar refractivity (Wildman–Crippen MR) is 77.1 cm³/mol. The van der Waals surface area contributed by atoms with Crippen LogP contribution >= 0.6 is 0 Å². The van der Waals surface area contributed by atoms with Gasteiger partial charge in [-0.25, -0.2) is 4.39 Å². The SMILES string of the molecule is CCCC1CC(Nc2cc(C#N)cc(F)c2C)CCO1. The Balaban J connectivity index is 2.09. The van der Waals surface area contributed by atoms with E-state index in [1.54, 1.807) is 13.0 Å². The first kappa shape index (κ1) is 14.8. The Kier molecular flexibility index (Phi) is 4.97. The summed E-state index contributed by atoms with van der Waals surface area (Å²) in [6, 6.07) is 5.29. The van der Waals surface area contributed by atoms with Crippen molar-refractivity contribution in [2.45, 2.75) is 51.7 Å². The van der Waals surface area contributed by atoms with Gasteiger partial charge in [-0.15, -0.1) is 0 Å². The molecule has 2 unspecified atom stereocenters. The maximum atomic E-state index is 13.8. The molecule has 0 amide bonds. The van der Waals surface area contributed by atoms with Crippen molar-refractivity contribution in [2.24, 2.45) is 0 Å². The van der Waals surface area contributed by atoms with E-state index in [9.17, 15) is 4.39 Å². The number of halogens is 1. The van der Waals surface area contributed by atoms with Crippen LogP contribution in [-0.2, 0) is 4.74 Å². The highest BCUT2D eigenvalue weighted by molar-refractivity contribution is 5.56. The average molecular weight is 276 g/mol. The first-order valence-electron chi connectivity index (χ1n) is 7.22. The Morgan fingerprint density at radius 1 is 1.50 bits per heavy atom. The van der Waals surface area contributed by atoms with Crippen LogP contribution in [0.2, 0.25) is 0 Å². The molecule has 108 valence electrons. The van der Waals surface area contributed by atoms with E-state index in [1.807, 2.05) is 6.07 Å². The summed E-state index contributed by atoms with van der Waals surface area (Å²) in [6.07, 6.45) is 4.30. The smallest absolute Gasteiger partial charge is 0.129 e. The molecule has 1 saturated heterocycles. The van der Waals surface area contributed by atoms with Gasteiger partial charge in [-0.3, -0.25) is 0 Å². The number of benzene rings is 1. The molecule has 1 aliphatic rings. The van der Waals surface area contributed by atoms with E-state index in [0.29, 0.717) is 11.1 Å². The lowest BCUT2D eigenvalue weighted by atomic mass is 9.99. The molecule has 3 nitrogen and oxygen atoms in total. The maximum Gasteiger partial charge on any atom is 0.129 e. The summed E-state index contributed by atoms with van der Waals surface area (Å²) in [5.41, 5.74) is 1.65. The van der Waals surface area contributed by atoms with E-state index in [2.05, 4.69) is 12.2 Å². The zero-order valence-corrected chi connectivity index (χ0v) is 12.1. The van der Waals surface area contributed by atoms with Crippen LogP contribution in [0.15, 0.2) is 12.1 Å². The minimum absolute atomic E-state index is 0.285. The van der Waals surface area contributed by atoms with Crippen LogP contribution in [0.5, 0.6) is 0 Å². The lowest BCUT2D eigenvalue weighted by Gasteiger charge is -2.31. The Hall–Kier alpha value is -1.60. The molecule has 0 aliphatic carbocycles. The van der Waals surface area contributed by atoms with Crippen molar-refractivity contribution in [3.05, 3.63) is 29.1 Å². The fourth-order valence-corrected chi connectivity index (χ4v) is 2.65. The van der Waals surface area contributed by atoms with Gasteiger partial charge in [0.25, 0.3) is 0 Å². The molecule has 20 heavy (non-hydrogen) atoms. The first-order valence-corrected chi connectivity index (χ1v) is 7.22. The van der Waals surface area contributed by atoms with E-state index in [-0.39, 0.29) is 18.0 Å². The molecule has 2 rings (SSSR count). The third-order valence-corrected chi connectivity index (χ3v) is 3.81. The average Bonchev–Trinajstić information content (AvgIpc) is 2.44. The number of hydrogen-bond donors (Lipinski definition) is 1. The predicted octanol–water partition coefficient (Wildman–Crippen LogP) is 3.77. The van der Waals surface area contributed by atoms with Crippen molar-refractivity contribution in [2.75, 3.05) is 11.9 Å². The van der Waals surface area contributed by atoms with Crippen LogP contribution in [0, 0.1) is 24.1 Å². The summed E-state index contributed by atoms with van der Waals surface area (Å²) >= 11 is 0. The van der Waals surface area contributed by atoms with Gasteiger partial charge in [0, 0.05) is 23.9 Å². The van der Waals surface area contributed by atoms with E-state index in [1.165, 1.54) is 6.07 Å². The van der Waals surface area contributed by atoms with Crippen molar-refractivity contribution in [3.63, 3.8) is 0 Å². The van der Waals surface area contributed by atoms with Crippen LogP contribution < -0.4 is 5.32 Å². The second-order valence-corrected chi connectivity index (χ2v) is 5.39. The Morgan fingerprint density at radius 2 is 2.30 bits per heavy atom. The maximum absolute atomic E-state index is 13.8. The number of nitrogens with zero attached hydrogens (tertiary/aromatic N) is 1. The van der Waals surface area contributed by atoms with Crippen LogP contribution in [0.4, 0.5) is 10.1 Å². The molecule has 1 heterocycles. The van der Waals surface area contributed by atoms with Crippen LogP contribution in [-0.4, -0.2) is 18.8 Å². The minimum Gasteiger partial charge on any atom is -0.382 e. The Bertz CT molecular complexity index is 508. The Morgan fingerprint density at radius 3 is 3.00 bits per heavy atom. The molecule has 1 aromatic rings. The molecule has 0 saturated carbocycles. The van der Waals surface area contributed by atoms with E-state index < -0.39 is 0 Å². The van der Waals surface area contributed by atoms with Crippen molar-refractivity contribution in [1.82, 2.24) is 0 Å². The highest BCUT2D eigenvalue weighted by Crippen LogP contribution is 2.25. The van der Waals surface area contributed by atoms with Crippen molar-refractivity contribution in [3.8, 4) is 6.07 Å². The second kappa shape index (κ2) is 6.71. The number of rotatable bonds is 4. The van der Waals surface area contributed by atoms with Gasteiger partial charge in [-0.1, -0.05) is 13.3 Å². The molecule has 0 aromatic heterocycles. The van der Waals surface area contributed by atoms with Crippen molar-refractivity contribution >= 4 is 5.69 Å². The molecular formula is C16H21FN2O. The standard InChI is InChI=1S/C16H21FN2O/c1-3-4-14-9-13(5-6-20-14)19-16-8-12(10-18)7-15(17)11(16)2/h7-8,13-14,19H,3-6,9H2,1-2H3. The number of anilines is 1. The lowest BCUT2D eigenvalue weighted by Crippen LogP contribution is -2.34. The van der Waals surface area contributed by atoms with Crippen LogP contribution in [0.1, 0.15) is 43.7 Å². The molecule has 2 atom stereocenters. The summed E-state index contributed by atoms with van der Waals surface area (Å²) < 4.78 is 19.5. The fraction of sp³-hybridized carbons (Fsp3) is 0.562. The molecule has 4 heteroatoms. The van der Waals surface area contributed by atoms with E-state index in [0.717, 1.165) is 38.0 Å². The second-order valence-electron chi connectivity index (χ2n) is 5.39. The van der Waals surface area contributed by atoms with Gasteiger partial charge in [0.05, 0.1) is 17.7 Å². The number of ether oxygens (including phenoxy) is 1. The van der Waals surface area contributed by atoms with Gasteiger partial charge in [0.1, 0.15) is 5.82 Å². The first-order chi connectivity index (χ1) is 9.63. The van der Waals surface area contributed by atoms with Crippen molar-refractivity contribution < 1.29 is 9.13 Å². The highest BCUT2D eigenvalue weighted by atomic mass is 19.1. The van der Waals surface area contributed by atoms with Crippen LogP contribution in [0.25, 0.3) is 0 Å². The Labute approximate surface area is 119 Å². The molecule has 1 N–H and O–H groups in total. The molecule has 1 aliphatic heterocycles. The van der Waals surface area contributed by atoms with Gasteiger partial charge < -0.3 is 10.1 Å². The summed E-state index contributed by atoms with van der Waals surface area (Å²) in [4.78, 5) is 0. The third kappa shape index (κ3) is 3.49. The van der Waals surface area contributed by atoms with Crippen LogP contribution in [0.3, 0.4) is 0 Å².